The van der Waals surface area contributed by atoms with E-state index in [2.05, 4.69) is 10.2 Å². The first-order valence-electron chi connectivity index (χ1n) is 6.75. The van der Waals surface area contributed by atoms with Crippen LogP contribution in [0.25, 0.3) is 0 Å². The smallest absolute Gasteiger partial charge is 0.349 e. The molecule has 1 aromatic rings. The maximum atomic E-state index is 11.8. The van der Waals surface area contributed by atoms with E-state index in [1.54, 1.807) is 13.8 Å². The van der Waals surface area contributed by atoms with Crippen molar-refractivity contribution in [2.75, 3.05) is 13.2 Å². The van der Waals surface area contributed by atoms with E-state index < -0.39 is 11.9 Å². The Bertz CT molecular complexity index is 580. The Hall–Kier alpha value is -2.83. The van der Waals surface area contributed by atoms with Gasteiger partial charge >= 0.3 is 5.97 Å². The van der Waals surface area contributed by atoms with E-state index in [-0.39, 0.29) is 24.6 Å². The number of carbonyl (C=O) groups excluding carboxylic acids is 1. The van der Waals surface area contributed by atoms with Gasteiger partial charge in [-0.1, -0.05) is 30.3 Å². The molecule has 0 aliphatic carbocycles. The second kappa shape index (κ2) is 9.17. The summed E-state index contributed by atoms with van der Waals surface area (Å²) in [7, 11) is 0. The van der Waals surface area contributed by atoms with Gasteiger partial charge in [0.1, 0.15) is 0 Å². The first kappa shape index (κ1) is 17.2. The van der Waals surface area contributed by atoms with Crippen LogP contribution in [0.15, 0.2) is 52.1 Å². The van der Waals surface area contributed by atoms with Gasteiger partial charge in [-0.15, -0.1) is 5.10 Å². The summed E-state index contributed by atoms with van der Waals surface area (Å²) in [6.45, 7) is 3.58. The summed E-state index contributed by atoms with van der Waals surface area (Å²) >= 11 is 0. The molecule has 7 nitrogen and oxygen atoms in total. The number of nitrogens with two attached hydrogens (primary N) is 1. The number of carbonyl (C=O) groups is 1. The number of ether oxygens (including phenoxy) is 2. The Morgan fingerprint density at radius 3 is 2.45 bits per heavy atom. The number of amidine groups is 1. The van der Waals surface area contributed by atoms with E-state index >= 15 is 0 Å². The van der Waals surface area contributed by atoms with Crippen LogP contribution in [0.5, 0.6) is 0 Å². The van der Waals surface area contributed by atoms with E-state index in [4.69, 9.17) is 15.2 Å². The van der Waals surface area contributed by atoms with Crippen molar-refractivity contribution in [2.24, 2.45) is 15.9 Å². The zero-order valence-electron chi connectivity index (χ0n) is 12.5. The van der Waals surface area contributed by atoms with Gasteiger partial charge in [0, 0.05) is 0 Å². The zero-order chi connectivity index (χ0) is 16.4. The number of hydrogen-bond donors (Lipinski definition) is 2. The van der Waals surface area contributed by atoms with Crippen LogP contribution in [-0.2, 0) is 14.3 Å². The van der Waals surface area contributed by atoms with E-state index in [9.17, 15) is 9.90 Å². The van der Waals surface area contributed by atoms with Crippen molar-refractivity contribution in [3.8, 4) is 0 Å². The van der Waals surface area contributed by atoms with Crippen molar-refractivity contribution in [1.29, 1.82) is 0 Å². The minimum atomic E-state index is -0.829. The normalized spacial score (nSPS) is 12.9. The molecular formula is C15H19N3O4. The van der Waals surface area contributed by atoms with E-state index in [0.717, 1.165) is 5.56 Å². The molecule has 7 heteroatoms. The van der Waals surface area contributed by atoms with Gasteiger partial charge in [0.2, 0.25) is 0 Å². The Balaban J connectivity index is 2.98. The molecule has 0 unspecified atom stereocenters. The molecule has 0 aliphatic rings. The quantitative estimate of drug-likeness (QED) is 0.199. The van der Waals surface area contributed by atoms with Crippen molar-refractivity contribution >= 4 is 18.0 Å². The largest absolute Gasteiger partial charge is 0.480 e. The van der Waals surface area contributed by atoms with Crippen molar-refractivity contribution in [1.82, 2.24) is 0 Å². The second-order valence-electron chi connectivity index (χ2n) is 3.97. The third kappa shape index (κ3) is 5.28. The van der Waals surface area contributed by atoms with Gasteiger partial charge in [0.25, 0.3) is 5.95 Å². The van der Waals surface area contributed by atoms with Gasteiger partial charge in [-0.25, -0.2) is 4.79 Å². The Kier molecular flexibility index (Phi) is 7.18. The molecule has 0 heterocycles. The summed E-state index contributed by atoms with van der Waals surface area (Å²) in [5.74, 6) is -1.77. The Morgan fingerprint density at radius 1 is 1.23 bits per heavy atom. The lowest BCUT2D eigenvalue weighted by Gasteiger charge is -2.08. The number of esters is 1. The Morgan fingerprint density at radius 2 is 1.86 bits per heavy atom. The monoisotopic (exact) mass is 305 g/mol. The number of aliphatic hydroxyl groups is 1. The highest BCUT2D eigenvalue weighted by Gasteiger charge is 2.22. The molecule has 1 aromatic carbocycles. The highest BCUT2D eigenvalue weighted by Crippen LogP contribution is 2.07. The van der Waals surface area contributed by atoms with Crippen LogP contribution in [0.2, 0.25) is 0 Å². The van der Waals surface area contributed by atoms with Crippen molar-refractivity contribution in [3.63, 3.8) is 0 Å². The fourth-order valence-corrected chi connectivity index (χ4v) is 1.46. The van der Waals surface area contributed by atoms with Crippen molar-refractivity contribution in [2.45, 2.75) is 13.8 Å². The van der Waals surface area contributed by atoms with Crippen molar-refractivity contribution < 1.29 is 19.4 Å². The van der Waals surface area contributed by atoms with Gasteiger partial charge in [0.15, 0.2) is 11.4 Å². The van der Waals surface area contributed by atoms with Crippen LogP contribution < -0.4 is 5.73 Å². The van der Waals surface area contributed by atoms with E-state index in [0.29, 0.717) is 0 Å². The fourth-order valence-electron chi connectivity index (χ4n) is 1.46. The summed E-state index contributed by atoms with van der Waals surface area (Å²) < 4.78 is 9.69. The topological polar surface area (TPSA) is 107 Å². The van der Waals surface area contributed by atoms with Crippen LogP contribution in [0.1, 0.15) is 19.4 Å². The van der Waals surface area contributed by atoms with Gasteiger partial charge in [-0.05, 0) is 19.4 Å². The molecule has 0 amide bonds. The molecule has 0 fully saturated rings. The van der Waals surface area contributed by atoms with Crippen LogP contribution in [0.3, 0.4) is 0 Å². The highest BCUT2D eigenvalue weighted by molar-refractivity contribution is 6.18. The predicted octanol–water partition coefficient (Wildman–Crippen LogP) is 1.75. The molecule has 22 heavy (non-hydrogen) atoms. The number of nitrogens with zero attached hydrogens (tertiary/aromatic N) is 2. The zero-order valence-corrected chi connectivity index (χ0v) is 12.5. The molecule has 0 saturated heterocycles. The third-order valence-corrected chi connectivity index (χ3v) is 2.40. The molecule has 3 N–H and O–H groups in total. The average molecular weight is 305 g/mol. The summed E-state index contributed by atoms with van der Waals surface area (Å²) in [5, 5.41) is 17.2. The van der Waals surface area contributed by atoms with E-state index in [1.807, 2.05) is 30.3 Å². The van der Waals surface area contributed by atoms with Gasteiger partial charge in [0.05, 0.1) is 19.4 Å². The molecule has 0 bridgehead atoms. The predicted molar refractivity (Wildman–Crippen MR) is 83.6 cm³/mol. The van der Waals surface area contributed by atoms with Gasteiger partial charge < -0.3 is 20.3 Å². The van der Waals surface area contributed by atoms with Crippen LogP contribution in [-0.4, -0.2) is 36.3 Å². The lowest BCUT2D eigenvalue weighted by molar-refractivity contribution is -0.138. The molecule has 0 atom stereocenters. The summed E-state index contributed by atoms with van der Waals surface area (Å²) in [4.78, 5) is 11.8. The summed E-state index contributed by atoms with van der Waals surface area (Å²) in [6, 6.07) is 9.22. The molecule has 0 aliphatic heterocycles. The number of hydrogen-bond acceptors (Lipinski definition) is 6. The molecular weight excluding hydrogens is 286 g/mol. The first-order chi connectivity index (χ1) is 10.6. The lowest BCUT2D eigenvalue weighted by atomic mass is 10.2. The minimum Gasteiger partial charge on any atom is -0.480 e. The average Bonchev–Trinajstić information content (AvgIpc) is 2.49. The summed E-state index contributed by atoms with van der Waals surface area (Å²) in [6.07, 6.45) is 1.47. The van der Waals surface area contributed by atoms with Crippen molar-refractivity contribution in [3.05, 3.63) is 47.4 Å². The second-order valence-corrected chi connectivity index (χ2v) is 3.97. The third-order valence-electron chi connectivity index (χ3n) is 2.40. The maximum absolute atomic E-state index is 11.8. The summed E-state index contributed by atoms with van der Waals surface area (Å²) in [5.41, 5.74) is 6.14. The van der Waals surface area contributed by atoms with Crippen LogP contribution in [0, 0.1) is 0 Å². The van der Waals surface area contributed by atoms with Crippen LogP contribution in [0.4, 0.5) is 0 Å². The van der Waals surface area contributed by atoms with Gasteiger partial charge in [-0.2, -0.15) is 5.10 Å². The fraction of sp³-hybridized carbons (Fsp3) is 0.267. The highest BCUT2D eigenvalue weighted by atomic mass is 16.6. The molecule has 118 valence electrons. The first-order valence-corrected chi connectivity index (χ1v) is 6.75. The minimum absolute atomic E-state index is 0.127. The molecule has 0 spiro atoms. The molecule has 0 aromatic heterocycles. The molecule has 0 saturated carbocycles. The maximum Gasteiger partial charge on any atom is 0.349 e. The number of rotatable bonds is 7. The van der Waals surface area contributed by atoms with E-state index in [1.165, 1.54) is 6.21 Å². The number of aliphatic hydroxyl groups excluding tert-OH is 1. The standard InChI is InChI=1S/C15H19N3O4/c1-3-21-14(19)12(15(20)22-4-2)13(16)18-17-10-11-8-6-5-7-9-11/h5-10,19H,3-4H2,1-2H3,(H2,16,18)/b14-12+,17-10+. The van der Waals surface area contributed by atoms with Gasteiger partial charge in [-0.3, -0.25) is 0 Å². The number of benzene rings is 1. The van der Waals surface area contributed by atoms with Crippen LogP contribution >= 0.6 is 0 Å². The molecule has 0 radical (unpaired) electrons. The lowest BCUT2D eigenvalue weighted by Crippen LogP contribution is -2.25. The SMILES string of the molecule is CCOC(=O)C(/C(N)=N\N=C\c1ccccc1)=C(\O)OCC. The molecule has 1 rings (SSSR count). The Labute approximate surface area is 128 Å².